The molecular weight excluding hydrogens is 192 g/mol. The third-order valence-electron chi connectivity index (χ3n) is 2.60. The molecule has 2 nitrogen and oxygen atoms in total. The maximum Gasteiger partial charge on any atom is 0.368 e. The van der Waals surface area contributed by atoms with Crippen LogP contribution in [0.15, 0.2) is 23.4 Å². The highest BCUT2D eigenvalue weighted by Gasteiger charge is 2.40. The number of allylic oxidation sites excluding steroid dienone is 4. The Labute approximate surface area is 87.9 Å². The van der Waals surface area contributed by atoms with Gasteiger partial charge in [-0.15, -0.1) is 0 Å². The first kappa shape index (κ1) is 11.7. The minimum Gasteiger partial charge on any atom is -0.394 e. The van der Waals surface area contributed by atoms with Gasteiger partial charge in [-0.2, -0.15) is 0 Å². The highest BCUT2D eigenvalue weighted by atomic mass is 28.4. The Morgan fingerprint density at radius 2 is 2.00 bits per heavy atom. The van der Waals surface area contributed by atoms with Gasteiger partial charge in [-0.3, -0.25) is 0 Å². The van der Waals surface area contributed by atoms with Crippen molar-refractivity contribution in [3.8, 4) is 0 Å². The summed E-state index contributed by atoms with van der Waals surface area (Å²) in [4.78, 5) is 0. The Bertz CT molecular complexity index is 240. The average molecular weight is 212 g/mol. The molecule has 0 bridgehead atoms. The molecule has 1 rings (SSSR count). The molecule has 0 fully saturated rings. The topological polar surface area (TPSA) is 18.5 Å². The summed E-state index contributed by atoms with van der Waals surface area (Å²) in [5.74, 6) is 0.614. The van der Waals surface area contributed by atoms with Crippen molar-refractivity contribution in [3.63, 3.8) is 0 Å². The van der Waals surface area contributed by atoms with E-state index < -0.39 is 8.56 Å². The molecule has 1 aliphatic rings. The van der Waals surface area contributed by atoms with Crippen molar-refractivity contribution in [2.45, 2.75) is 26.3 Å². The molecular formula is C11H20O2Si. The maximum absolute atomic E-state index is 5.69. The summed E-state index contributed by atoms with van der Waals surface area (Å²) in [6.07, 6.45) is 7.41. The Balaban J connectivity index is 2.79. The van der Waals surface area contributed by atoms with Gasteiger partial charge in [0.15, 0.2) is 0 Å². The second-order valence-electron chi connectivity index (χ2n) is 4.08. The van der Waals surface area contributed by atoms with E-state index in [0.717, 1.165) is 12.5 Å². The zero-order chi connectivity index (χ0) is 10.6. The van der Waals surface area contributed by atoms with Crippen LogP contribution >= 0.6 is 0 Å². The zero-order valence-corrected chi connectivity index (χ0v) is 10.5. The van der Waals surface area contributed by atoms with Crippen molar-refractivity contribution in [2.24, 2.45) is 5.92 Å². The van der Waals surface area contributed by atoms with Gasteiger partial charge in [-0.1, -0.05) is 32.1 Å². The van der Waals surface area contributed by atoms with E-state index in [0.29, 0.717) is 5.92 Å². The van der Waals surface area contributed by atoms with E-state index in [1.807, 2.05) is 0 Å². The summed E-state index contributed by atoms with van der Waals surface area (Å²) in [7, 11) is 1.48. The van der Waals surface area contributed by atoms with E-state index in [2.05, 4.69) is 32.1 Å². The lowest BCUT2D eigenvalue weighted by Gasteiger charge is -2.30. The van der Waals surface area contributed by atoms with Gasteiger partial charge in [0.1, 0.15) is 0 Å². The van der Waals surface area contributed by atoms with Gasteiger partial charge < -0.3 is 8.85 Å². The zero-order valence-electron chi connectivity index (χ0n) is 9.54. The van der Waals surface area contributed by atoms with Crippen molar-refractivity contribution in [3.05, 3.63) is 23.4 Å². The fourth-order valence-electron chi connectivity index (χ4n) is 1.91. The van der Waals surface area contributed by atoms with Crippen LogP contribution in [0.25, 0.3) is 0 Å². The molecule has 0 aromatic heterocycles. The average Bonchev–Trinajstić information content (AvgIpc) is 2.67. The second kappa shape index (κ2) is 4.91. The summed E-state index contributed by atoms with van der Waals surface area (Å²) in [6, 6.07) is 1.04. The van der Waals surface area contributed by atoms with Crippen LogP contribution in [0.2, 0.25) is 6.04 Å². The first-order valence-electron chi connectivity index (χ1n) is 5.11. The standard InChI is InChI=1S/C11H20O2Si/c1-10(2)9-14(12-3,13-4)11-7-5-6-8-11/h5-7,10H,8-9H2,1-4H3. The van der Waals surface area contributed by atoms with E-state index in [1.165, 1.54) is 5.20 Å². The first-order valence-corrected chi connectivity index (χ1v) is 7.13. The Hall–Kier alpha value is -0.383. The quantitative estimate of drug-likeness (QED) is 0.652. The van der Waals surface area contributed by atoms with Crippen molar-refractivity contribution >= 4 is 8.56 Å². The molecule has 0 unspecified atom stereocenters. The predicted molar refractivity (Wildman–Crippen MR) is 61.3 cm³/mol. The van der Waals surface area contributed by atoms with Gasteiger partial charge in [-0.05, 0) is 23.6 Å². The third-order valence-corrected chi connectivity index (χ3v) is 6.62. The van der Waals surface area contributed by atoms with E-state index in [9.17, 15) is 0 Å². The van der Waals surface area contributed by atoms with Crippen LogP contribution in [-0.4, -0.2) is 22.8 Å². The molecule has 14 heavy (non-hydrogen) atoms. The van der Waals surface area contributed by atoms with Crippen LogP contribution in [0.4, 0.5) is 0 Å². The summed E-state index contributed by atoms with van der Waals surface area (Å²) in [5.41, 5.74) is 0. The van der Waals surface area contributed by atoms with Gasteiger partial charge in [0.25, 0.3) is 0 Å². The number of hydrogen-bond acceptors (Lipinski definition) is 2. The highest BCUT2D eigenvalue weighted by Crippen LogP contribution is 2.30. The molecule has 0 aromatic rings. The van der Waals surface area contributed by atoms with Crippen LogP contribution in [0.1, 0.15) is 20.3 Å². The normalized spacial score (nSPS) is 16.5. The van der Waals surface area contributed by atoms with Crippen molar-refractivity contribution in [1.29, 1.82) is 0 Å². The highest BCUT2D eigenvalue weighted by molar-refractivity contribution is 6.75. The van der Waals surface area contributed by atoms with Crippen molar-refractivity contribution < 1.29 is 8.85 Å². The molecule has 0 atom stereocenters. The molecule has 0 spiro atoms. The largest absolute Gasteiger partial charge is 0.394 e. The minimum absolute atomic E-state index is 0.614. The lowest BCUT2D eigenvalue weighted by Crippen LogP contribution is -2.43. The van der Waals surface area contributed by atoms with Gasteiger partial charge >= 0.3 is 8.56 Å². The summed E-state index contributed by atoms with van der Waals surface area (Å²) >= 11 is 0. The van der Waals surface area contributed by atoms with Crippen LogP contribution in [0, 0.1) is 5.92 Å². The first-order chi connectivity index (χ1) is 6.64. The SMILES string of the molecule is CO[Si](CC(C)C)(OC)C1=CC=CC1. The minimum atomic E-state index is -2.07. The summed E-state index contributed by atoms with van der Waals surface area (Å²) < 4.78 is 11.4. The molecule has 0 heterocycles. The van der Waals surface area contributed by atoms with E-state index in [-0.39, 0.29) is 0 Å². The predicted octanol–water partition coefficient (Wildman–Crippen LogP) is 2.80. The Morgan fingerprint density at radius 1 is 1.36 bits per heavy atom. The molecule has 0 N–H and O–H groups in total. The van der Waals surface area contributed by atoms with Crippen molar-refractivity contribution in [2.75, 3.05) is 14.2 Å². The molecule has 80 valence electrons. The maximum atomic E-state index is 5.69. The number of hydrogen-bond donors (Lipinski definition) is 0. The van der Waals surface area contributed by atoms with Crippen LogP contribution < -0.4 is 0 Å². The second-order valence-corrected chi connectivity index (χ2v) is 7.46. The smallest absolute Gasteiger partial charge is 0.368 e. The van der Waals surface area contributed by atoms with Crippen molar-refractivity contribution in [1.82, 2.24) is 0 Å². The summed E-state index contributed by atoms with van der Waals surface area (Å²) in [6.45, 7) is 4.42. The third kappa shape index (κ3) is 2.35. The fourth-order valence-corrected chi connectivity index (χ4v) is 5.05. The van der Waals surface area contributed by atoms with Crippen LogP contribution in [0.5, 0.6) is 0 Å². The molecule has 1 aliphatic carbocycles. The fraction of sp³-hybridized carbons (Fsp3) is 0.636. The molecule has 0 amide bonds. The van der Waals surface area contributed by atoms with Crippen LogP contribution in [0.3, 0.4) is 0 Å². The van der Waals surface area contributed by atoms with Gasteiger partial charge in [-0.25, -0.2) is 0 Å². The Morgan fingerprint density at radius 3 is 2.36 bits per heavy atom. The Kier molecular flexibility index (Phi) is 4.10. The summed E-state index contributed by atoms with van der Waals surface area (Å²) in [5, 5.41) is 1.36. The lowest BCUT2D eigenvalue weighted by molar-refractivity contribution is 0.246. The molecule has 3 heteroatoms. The molecule has 0 radical (unpaired) electrons. The van der Waals surface area contributed by atoms with Gasteiger partial charge in [0, 0.05) is 14.2 Å². The molecule has 0 saturated carbocycles. The monoisotopic (exact) mass is 212 g/mol. The molecule has 0 aromatic carbocycles. The van der Waals surface area contributed by atoms with Gasteiger partial charge in [0.05, 0.1) is 0 Å². The lowest BCUT2D eigenvalue weighted by atomic mass is 10.3. The van der Waals surface area contributed by atoms with E-state index in [4.69, 9.17) is 8.85 Å². The van der Waals surface area contributed by atoms with E-state index in [1.54, 1.807) is 14.2 Å². The van der Waals surface area contributed by atoms with Crippen LogP contribution in [-0.2, 0) is 8.85 Å². The molecule has 0 saturated heterocycles. The van der Waals surface area contributed by atoms with E-state index >= 15 is 0 Å². The van der Waals surface area contributed by atoms with Gasteiger partial charge in [0.2, 0.25) is 0 Å². The molecule has 0 aliphatic heterocycles. The number of rotatable bonds is 5.